The van der Waals surface area contributed by atoms with Crippen LogP contribution in [0.3, 0.4) is 0 Å². The van der Waals surface area contributed by atoms with Gasteiger partial charge in [0.1, 0.15) is 0 Å². The molecule has 2 unspecified atom stereocenters. The van der Waals surface area contributed by atoms with E-state index in [1.165, 1.54) is 16.5 Å². The fraction of sp³-hybridized carbons (Fsp3) is 0.467. The Kier molecular flexibility index (Phi) is 2.88. The van der Waals surface area contributed by atoms with Gasteiger partial charge in [-0.3, -0.25) is 4.90 Å². The molecule has 18 heavy (non-hydrogen) atoms. The van der Waals surface area contributed by atoms with Crippen molar-refractivity contribution >= 4 is 10.9 Å². The van der Waals surface area contributed by atoms with Crippen LogP contribution in [0, 0.1) is 0 Å². The molecule has 1 fully saturated rings. The summed E-state index contributed by atoms with van der Waals surface area (Å²) in [5, 5.41) is 1.37. The smallest absolute Gasteiger partial charge is 0.0481 e. The summed E-state index contributed by atoms with van der Waals surface area (Å²) >= 11 is 0. The number of aryl methyl sites for hydroxylation is 1. The van der Waals surface area contributed by atoms with Crippen LogP contribution >= 0.6 is 0 Å². The maximum absolute atomic E-state index is 6.14. The second kappa shape index (κ2) is 4.41. The maximum Gasteiger partial charge on any atom is 0.0481 e. The number of benzene rings is 1. The minimum atomic E-state index is 0.338. The molecular formula is C15H21N3. The molecule has 0 radical (unpaired) electrons. The van der Waals surface area contributed by atoms with Crippen molar-refractivity contribution in [2.45, 2.75) is 24.9 Å². The van der Waals surface area contributed by atoms with Gasteiger partial charge in [0.15, 0.2) is 0 Å². The summed E-state index contributed by atoms with van der Waals surface area (Å²) in [5.74, 6) is 0. The number of nitrogens with two attached hydrogens (primary N) is 1. The molecule has 0 saturated carbocycles. The first kappa shape index (κ1) is 11.8. The van der Waals surface area contributed by atoms with E-state index < -0.39 is 0 Å². The molecule has 2 N–H and O–H groups in total. The molecule has 3 rings (SSSR count). The summed E-state index contributed by atoms with van der Waals surface area (Å²) in [6.45, 7) is 1.09. The van der Waals surface area contributed by atoms with Gasteiger partial charge >= 0.3 is 0 Å². The first-order chi connectivity index (χ1) is 8.66. The fourth-order valence-corrected chi connectivity index (χ4v) is 3.11. The van der Waals surface area contributed by atoms with Crippen molar-refractivity contribution in [3.05, 3.63) is 36.0 Å². The summed E-state index contributed by atoms with van der Waals surface area (Å²) in [4.78, 5) is 2.44. The highest BCUT2D eigenvalue weighted by atomic mass is 15.1. The normalized spacial score (nSPS) is 25.7. The summed E-state index contributed by atoms with van der Waals surface area (Å²) < 4.78 is 2.22. The molecule has 0 aliphatic carbocycles. The first-order valence-electron chi connectivity index (χ1n) is 6.66. The average Bonchev–Trinajstić information content (AvgIpc) is 2.71. The number of nitrogens with zero attached hydrogens (tertiary/aromatic N) is 2. The number of hydrogen-bond acceptors (Lipinski definition) is 2. The number of likely N-dealkylation sites (tertiary alicyclic amines) is 1. The number of rotatable bonds is 1. The maximum atomic E-state index is 6.14. The van der Waals surface area contributed by atoms with Gasteiger partial charge in [-0.15, -0.1) is 0 Å². The topological polar surface area (TPSA) is 34.2 Å². The van der Waals surface area contributed by atoms with E-state index in [1.807, 2.05) is 0 Å². The van der Waals surface area contributed by atoms with Crippen LogP contribution in [0.25, 0.3) is 10.9 Å². The van der Waals surface area contributed by atoms with E-state index in [-0.39, 0.29) is 0 Å². The number of hydrogen-bond donors (Lipinski definition) is 1. The van der Waals surface area contributed by atoms with Crippen LogP contribution < -0.4 is 5.73 Å². The third-order valence-corrected chi connectivity index (χ3v) is 4.20. The predicted molar refractivity (Wildman–Crippen MR) is 75.5 cm³/mol. The van der Waals surface area contributed by atoms with Gasteiger partial charge in [-0.05, 0) is 38.1 Å². The number of aromatic nitrogens is 1. The van der Waals surface area contributed by atoms with Gasteiger partial charge in [0.2, 0.25) is 0 Å². The fourth-order valence-electron chi connectivity index (χ4n) is 3.11. The van der Waals surface area contributed by atoms with Crippen molar-refractivity contribution in [1.82, 2.24) is 9.47 Å². The molecule has 1 aliphatic rings. The molecule has 1 aromatic heterocycles. The quantitative estimate of drug-likeness (QED) is 0.833. The van der Waals surface area contributed by atoms with Crippen molar-refractivity contribution in [3.63, 3.8) is 0 Å². The van der Waals surface area contributed by atoms with Gasteiger partial charge in [0.25, 0.3) is 0 Å². The van der Waals surface area contributed by atoms with Crippen LogP contribution in [0.15, 0.2) is 30.5 Å². The monoisotopic (exact) mass is 243 g/mol. The Hall–Kier alpha value is -1.32. The highest BCUT2D eigenvalue weighted by molar-refractivity contribution is 5.84. The van der Waals surface area contributed by atoms with Crippen molar-refractivity contribution in [2.24, 2.45) is 12.8 Å². The SMILES string of the molecule is CN1CCC(N)CC1c1cn(C)c2ccccc12. The highest BCUT2D eigenvalue weighted by Gasteiger charge is 2.27. The van der Waals surface area contributed by atoms with Gasteiger partial charge in [0, 0.05) is 36.2 Å². The van der Waals surface area contributed by atoms with Crippen LogP contribution in [-0.4, -0.2) is 29.1 Å². The summed E-state index contributed by atoms with van der Waals surface area (Å²) in [6, 6.07) is 9.42. The Morgan fingerprint density at radius 3 is 2.83 bits per heavy atom. The molecule has 0 bridgehead atoms. The lowest BCUT2D eigenvalue weighted by atomic mass is 9.92. The zero-order valence-corrected chi connectivity index (χ0v) is 11.1. The Morgan fingerprint density at radius 1 is 1.22 bits per heavy atom. The zero-order chi connectivity index (χ0) is 12.7. The van der Waals surface area contributed by atoms with Gasteiger partial charge in [-0.2, -0.15) is 0 Å². The third-order valence-electron chi connectivity index (χ3n) is 4.20. The summed E-state index contributed by atoms with van der Waals surface area (Å²) in [6.07, 6.45) is 4.44. The molecule has 1 saturated heterocycles. The Morgan fingerprint density at radius 2 is 2.00 bits per heavy atom. The Bertz CT molecular complexity index is 558. The molecular weight excluding hydrogens is 222 g/mol. The standard InChI is InChI=1S/C15H21N3/c1-17-8-7-11(16)9-15(17)13-10-18(2)14-6-4-3-5-12(13)14/h3-6,10-11,15H,7-9,16H2,1-2H3. The van der Waals surface area contributed by atoms with Crippen molar-refractivity contribution in [3.8, 4) is 0 Å². The van der Waals surface area contributed by atoms with Crippen molar-refractivity contribution in [2.75, 3.05) is 13.6 Å². The minimum absolute atomic E-state index is 0.338. The first-order valence-corrected chi connectivity index (χ1v) is 6.66. The van der Waals surface area contributed by atoms with Crippen molar-refractivity contribution in [1.29, 1.82) is 0 Å². The molecule has 2 aromatic rings. The van der Waals surface area contributed by atoms with E-state index in [1.54, 1.807) is 0 Å². The third kappa shape index (κ3) is 1.84. The highest BCUT2D eigenvalue weighted by Crippen LogP contribution is 2.34. The van der Waals surface area contributed by atoms with E-state index in [2.05, 4.69) is 54.0 Å². The molecule has 96 valence electrons. The number of piperidine rings is 1. The summed E-state index contributed by atoms with van der Waals surface area (Å²) in [5.41, 5.74) is 8.87. The average molecular weight is 243 g/mol. The Balaban J connectivity index is 2.08. The molecule has 2 heterocycles. The lowest BCUT2D eigenvalue weighted by molar-refractivity contribution is 0.172. The Labute approximate surface area is 108 Å². The van der Waals surface area contributed by atoms with Crippen LogP contribution in [-0.2, 0) is 7.05 Å². The zero-order valence-electron chi connectivity index (χ0n) is 11.1. The molecule has 3 nitrogen and oxygen atoms in total. The van der Waals surface area contributed by atoms with Gasteiger partial charge in [0.05, 0.1) is 0 Å². The lowest BCUT2D eigenvalue weighted by Crippen LogP contribution is -2.39. The van der Waals surface area contributed by atoms with Gasteiger partial charge in [-0.25, -0.2) is 0 Å². The van der Waals surface area contributed by atoms with E-state index in [0.29, 0.717) is 12.1 Å². The molecule has 0 amide bonds. The van der Waals surface area contributed by atoms with E-state index >= 15 is 0 Å². The van der Waals surface area contributed by atoms with Crippen LogP contribution in [0.5, 0.6) is 0 Å². The van der Waals surface area contributed by atoms with E-state index in [9.17, 15) is 0 Å². The van der Waals surface area contributed by atoms with Gasteiger partial charge < -0.3 is 10.3 Å². The summed E-state index contributed by atoms with van der Waals surface area (Å²) in [7, 11) is 4.33. The minimum Gasteiger partial charge on any atom is -0.350 e. The van der Waals surface area contributed by atoms with Crippen LogP contribution in [0.1, 0.15) is 24.4 Å². The van der Waals surface area contributed by atoms with E-state index in [0.717, 1.165) is 19.4 Å². The molecule has 1 aromatic carbocycles. The second-order valence-corrected chi connectivity index (χ2v) is 5.49. The van der Waals surface area contributed by atoms with Crippen molar-refractivity contribution < 1.29 is 0 Å². The van der Waals surface area contributed by atoms with Gasteiger partial charge in [-0.1, -0.05) is 18.2 Å². The predicted octanol–water partition coefficient (Wildman–Crippen LogP) is 2.27. The molecule has 1 aliphatic heterocycles. The molecule has 2 atom stereocenters. The lowest BCUT2D eigenvalue weighted by Gasteiger charge is -2.35. The van der Waals surface area contributed by atoms with Crippen LogP contribution in [0.2, 0.25) is 0 Å². The van der Waals surface area contributed by atoms with Crippen LogP contribution in [0.4, 0.5) is 0 Å². The number of fused-ring (bicyclic) bond motifs is 1. The second-order valence-electron chi connectivity index (χ2n) is 5.49. The molecule has 0 spiro atoms. The largest absolute Gasteiger partial charge is 0.350 e. The number of para-hydroxylation sites is 1. The molecule has 3 heteroatoms. The van der Waals surface area contributed by atoms with E-state index in [4.69, 9.17) is 5.73 Å².